The molecule has 3 aromatic heterocycles. The number of aryl methyl sites for hydroxylation is 1. The maximum absolute atomic E-state index is 4.67. The van der Waals surface area contributed by atoms with Crippen LogP contribution in [0.15, 0.2) is 24.9 Å². The Balaban J connectivity index is 1.99. The van der Waals surface area contributed by atoms with Crippen LogP contribution in [-0.2, 0) is 6.54 Å². The zero-order chi connectivity index (χ0) is 15.7. The van der Waals surface area contributed by atoms with Crippen molar-refractivity contribution in [3.05, 3.63) is 30.5 Å². The van der Waals surface area contributed by atoms with Gasteiger partial charge in [0.25, 0.3) is 5.78 Å². The standard InChI is InChI=1S/C16H22N6/c1-11(2)5-6-21-8-13(7-18-21)15-14(12(3)4)9-22-16(20-15)17-10-19-22/h7-12H,5-6H2,1-4H3. The van der Waals surface area contributed by atoms with E-state index in [2.05, 4.69) is 54.1 Å². The summed E-state index contributed by atoms with van der Waals surface area (Å²) >= 11 is 0. The van der Waals surface area contributed by atoms with Crippen LogP contribution in [0.5, 0.6) is 0 Å². The Hall–Kier alpha value is -2.24. The summed E-state index contributed by atoms with van der Waals surface area (Å²) in [6.45, 7) is 9.70. The molecule has 3 aromatic rings. The van der Waals surface area contributed by atoms with Gasteiger partial charge >= 0.3 is 0 Å². The maximum Gasteiger partial charge on any atom is 0.252 e. The Morgan fingerprint density at radius 2 is 1.91 bits per heavy atom. The molecule has 116 valence electrons. The lowest BCUT2D eigenvalue weighted by Gasteiger charge is -2.10. The molecule has 0 atom stereocenters. The molecule has 6 heteroatoms. The molecular weight excluding hydrogens is 276 g/mol. The number of aromatic nitrogens is 6. The summed E-state index contributed by atoms with van der Waals surface area (Å²) in [6.07, 6.45) is 8.63. The first-order valence-electron chi connectivity index (χ1n) is 7.77. The molecule has 0 bridgehead atoms. The van der Waals surface area contributed by atoms with Crippen molar-refractivity contribution in [2.45, 2.75) is 46.6 Å². The fourth-order valence-electron chi connectivity index (χ4n) is 2.42. The van der Waals surface area contributed by atoms with Crippen LogP contribution in [0.2, 0.25) is 0 Å². The van der Waals surface area contributed by atoms with Crippen LogP contribution >= 0.6 is 0 Å². The predicted octanol–water partition coefficient (Wildman–Crippen LogP) is 3.16. The van der Waals surface area contributed by atoms with E-state index in [-0.39, 0.29) is 0 Å². The van der Waals surface area contributed by atoms with E-state index >= 15 is 0 Å². The molecule has 0 aliphatic carbocycles. The minimum absolute atomic E-state index is 0.357. The number of hydrogen-bond donors (Lipinski definition) is 0. The van der Waals surface area contributed by atoms with Gasteiger partial charge < -0.3 is 0 Å². The minimum atomic E-state index is 0.357. The van der Waals surface area contributed by atoms with E-state index in [1.165, 1.54) is 6.33 Å². The Morgan fingerprint density at radius 1 is 1.09 bits per heavy atom. The second-order valence-electron chi connectivity index (χ2n) is 6.38. The fourth-order valence-corrected chi connectivity index (χ4v) is 2.42. The lowest BCUT2D eigenvalue weighted by atomic mass is 10.0. The monoisotopic (exact) mass is 298 g/mol. The van der Waals surface area contributed by atoms with Gasteiger partial charge in [-0.1, -0.05) is 27.7 Å². The summed E-state index contributed by atoms with van der Waals surface area (Å²) in [4.78, 5) is 8.86. The summed E-state index contributed by atoms with van der Waals surface area (Å²) in [5, 5.41) is 8.64. The Kier molecular flexibility index (Phi) is 3.92. The van der Waals surface area contributed by atoms with E-state index in [4.69, 9.17) is 0 Å². The average molecular weight is 298 g/mol. The van der Waals surface area contributed by atoms with Crippen LogP contribution in [0, 0.1) is 5.92 Å². The lowest BCUT2D eigenvalue weighted by Crippen LogP contribution is -2.02. The summed E-state index contributed by atoms with van der Waals surface area (Å²) in [7, 11) is 0. The fraction of sp³-hybridized carbons (Fsp3) is 0.500. The van der Waals surface area contributed by atoms with Gasteiger partial charge in [-0.3, -0.25) is 4.68 Å². The third kappa shape index (κ3) is 2.86. The number of hydrogen-bond acceptors (Lipinski definition) is 4. The van der Waals surface area contributed by atoms with Crippen LogP contribution in [0.25, 0.3) is 17.0 Å². The van der Waals surface area contributed by atoms with E-state index in [1.54, 1.807) is 4.52 Å². The van der Waals surface area contributed by atoms with Gasteiger partial charge in [0.05, 0.1) is 11.9 Å². The Bertz CT molecular complexity index is 768. The van der Waals surface area contributed by atoms with Gasteiger partial charge in [-0.05, 0) is 23.8 Å². The van der Waals surface area contributed by atoms with Crippen molar-refractivity contribution in [2.24, 2.45) is 5.92 Å². The minimum Gasteiger partial charge on any atom is -0.272 e. The van der Waals surface area contributed by atoms with E-state index in [0.29, 0.717) is 17.6 Å². The predicted molar refractivity (Wildman–Crippen MR) is 85.5 cm³/mol. The maximum atomic E-state index is 4.67. The second-order valence-corrected chi connectivity index (χ2v) is 6.38. The Morgan fingerprint density at radius 3 is 2.64 bits per heavy atom. The summed E-state index contributed by atoms with van der Waals surface area (Å²) in [6, 6.07) is 0. The van der Waals surface area contributed by atoms with Crippen LogP contribution in [0.4, 0.5) is 0 Å². The van der Waals surface area contributed by atoms with Crippen molar-refractivity contribution in [3.63, 3.8) is 0 Å². The highest BCUT2D eigenvalue weighted by atomic mass is 15.3. The molecule has 0 fully saturated rings. The number of rotatable bonds is 5. The highest BCUT2D eigenvalue weighted by Crippen LogP contribution is 2.27. The third-order valence-electron chi connectivity index (χ3n) is 3.77. The van der Waals surface area contributed by atoms with Crippen LogP contribution < -0.4 is 0 Å². The van der Waals surface area contributed by atoms with E-state index in [0.717, 1.165) is 29.8 Å². The van der Waals surface area contributed by atoms with Crippen molar-refractivity contribution in [3.8, 4) is 11.3 Å². The molecular formula is C16H22N6. The molecule has 0 radical (unpaired) electrons. The zero-order valence-electron chi connectivity index (χ0n) is 13.6. The molecule has 22 heavy (non-hydrogen) atoms. The van der Waals surface area contributed by atoms with Crippen LogP contribution in [0.3, 0.4) is 0 Å². The van der Waals surface area contributed by atoms with Crippen molar-refractivity contribution in [2.75, 3.05) is 0 Å². The van der Waals surface area contributed by atoms with E-state index in [1.807, 2.05) is 17.1 Å². The largest absolute Gasteiger partial charge is 0.272 e. The summed E-state index contributed by atoms with van der Waals surface area (Å²) in [5.41, 5.74) is 3.14. The van der Waals surface area contributed by atoms with Gasteiger partial charge in [0.15, 0.2) is 0 Å². The molecule has 0 saturated heterocycles. The molecule has 3 rings (SSSR count). The van der Waals surface area contributed by atoms with Crippen molar-refractivity contribution < 1.29 is 0 Å². The summed E-state index contributed by atoms with van der Waals surface area (Å²) < 4.78 is 3.72. The first-order valence-corrected chi connectivity index (χ1v) is 7.77. The average Bonchev–Trinajstić information content (AvgIpc) is 3.12. The molecule has 3 heterocycles. The normalized spacial score (nSPS) is 11.9. The van der Waals surface area contributed by atoms with Gasteiger partial charge in [-0.25, -0.2) is 9.50 Å². The molecule has 0 amide bonds. The molecule has 0 aromatic carbocycles. The van der Waals surface area contributed by atoms with Crippen molar-refractivity contribution in [1.29, 1.82) is 0 Å². The van der Waals surface area contributed by atoms with Crippen LogP contribution in [0.1, 0.15) is 45.6 Å². The highest BCUT2D eigenvalue weighted by Gasteiger charge is 2.15. The number of nitrogens with zero attached hydrogens (tertiary/aromatic N) is 6. The molecule has 0 unspecified atom stereocenters. The molecule has 6 nitrogen and oxygen atoms in total. The smallest absolute Gasteiger partial charge is 0.252 e. The Labute approximate surface area is 130 Å². The van der Waals surface area contributed by atoms with Gasteiger partial charge in [0.2, 0.25) is 0 Å². The van der Waals surface area contributed by atoms with Gasteiger partial charge in [0.1, 0.15) is 6.33 Å². The highest BCUT2D eigenvalue weighted by molar-refractivity contribution is 5.63. The first kappa shape index (κ1) is 14.7. The molecule has 0 aliphatic heterocycles. The summed E-state index contributed by atoms with van der Waals surface area (Å²) in [5.74, 6) is 1.65. The van der Waals surface area contributed by atoms with Crippen molar-refractivity contribution >= 4 is 5.78 Å². The van der Waals surface area contributed by atoms with E-state index < -0.39 is 0 Å². The quantitative estimate of drug-likeness (QED) is 0.726. The number of fused-ring (bicyclic) bond motifs is 1. The first-order chi connectivity index (χ1) is 10.5. The second kappa shape index (κ2) is 5.87. The molecule has 0 spiro atoms. The SMILES string of the molecule is CC(C)CCn1cc(-c2nc3ncnn3cc2C(C)C)cn1. The lowest BCUT2D eigenvalue weighted by molar-refractivity contribution is 0.487. The molecule has 0 N–H and O–H groups in total. The van der Waals surface area contributed by atoms with Crippen molar-refractivity contribution in [1.82, 2.24) is 29.4 Å². The third-order valence-corrected chi connectivity index (χ3v) is 3.77. The topological polar surface area (TPSA) is 60.9 Å². The van der Waals surface area contributed by atoms with Gasteiger partial charge in [-0.2, -0.15) is 15.2 Å². The van der Waals surface area contributed by atoms with Gasteiger partial charge in [-0.15, -0.1) is 0 Å². The molecule has 0 saturated carbocycles. The van der Waals surface area contributed by atoms with E-state index in [9.17, 15) is 0 Å². The molecule has 0 aliphatic rings. The van der Waals surface area contributed by atoms with Gasteiger partial charge in [0, 0.05) is 24.5 Å². The zero-order valence-corrected chi connectivity index (χ0v) is 13.6. The van der Waals surface area contributed by atoms with Crippen LogP contribution in [-0.4, -0.2) is 29.4 Å².